The lowest BCUT2D eigenvalue weighted by Gasteiger charge is -2.23. The molecule has 100 valence electrons. The molecule has 4 heteroatoms. The number of hydrogen-bond donors (Lipinski definition) is 0. The molecule has 0 aliphatic carbocycles. The van der Waals surface area contributed by atoms with Gasteiger partial charge in [-0.15, -0.1) is 0 Å². The lowest BCUT2D eigenvalue weighted by molar-refractivity contribution is -0.156. The second-order valence-corrected chi connectivity index (χ2v) is 4.24. The van der Waals surface area contributed by atoms with Gasteiger partial charge in [-0.25, -0.2) is 0 Å². The van der Waals surface area contributed by atoms with Gasteiger partial charge in [-0.3, -0.25) is 9.59 Å². The van der Waals surface area contributed by atoms with Crippen molar-refractivity contribution in [3.63, 3.8) is 0 Å². The Morgan fingerprint density at radius 2 is 1.65 bits per heavy atom. The normalized spacial score (nSPS) is 14.5. The molecule has 0 amide bonds. The molecule has 0 fully saturated rings. The SMILES string of the molecule is CCOC(=O)C(CC)C(=O)C(OCC)C(C)C. The Hall–Kier alpha value is -0.900. The molecule has 0 aromatic heterocycles. The van der Waals surface area contributed by atoms with Crippen LogP contribution in [0, 0.1) is 11.8 Å². The first kappa shape index (κ1) is 16.1. The topological polar surface area (TPSA) is 52.6 Å². The monoisotopic (exact) mass is 244 g/mol. The molecule has 0 saturated carbocycles. The highest BCUT2D eigenvalue weighted by Crippen LogP contribution is 2.17. The molecule has 0 aromatic carbocycles. The van der Waals surface area contributed by atoms with Gasteiger partial charge in [0.2, 0.25) is 0 Å². The van der Waals surface area contributed by atoms with Gasteiger partial charge in [0.15, 0.2) is 5.78 Å². The number of carbonyl (C=O) groups excluding carboxylic acids is 2. The quantitative estimate of drug-likeness (QED) is 0.485. The van der Waals surface area contributed by atoms with Crippen LogP contribution in [-0.2, 0) is 19.1 Å². The summed E-state index contributed by atoms with van der Waals surface area (Å²) in [6.07, 6.45) is -0.0668. The zero-order chi connectivity index (χ0) is 13.4. The van der Waals surface area contributed by atoms with Gasteiger partial charge in [0.25, 0.3) is 0 Å². The van der Waals surface area contributed by atoms with E-state index in [0.717, 1.165) is 0 Å². The van der Waals surface area contributed by atoms with Gasteiger partial charge in [-0.1, -0.05) is 20.8 Å². The molecular formula is C13H24O4. The maximum Gasteiger partial charge on any atom is 0.316 e. The Balaban J connectivity index is 4.75. The van der Waals surface area contributed by atoms with Crippen molar-refractivity contribution in [1.82, 2.24) is 0 Å². The van der Waals surface area contributed by atoms with Crippen molar-refractivity contribution in [2.45, 2.75) is 47.1 Å². The molecule has 0 rings (SSSR count). The van der Waals surface area contributed by atoms with E-state index in [1.165, 1.54) is 0 Å². The van der Waals surface area contributed by atoms with Gasteiger partial charge >= 0.3 is 5.97 Å². The van der Waals surface area contributed by atoms with E-state index in [9.17, 15) is 9.59 Å². The average molecular weight is 244 g/mol. The van der Waals surface area contributed by atoms with Crippen molar-refractivity contribution >= 4 is 11.8 Å². The maximum absolute atomic E-state index is 12.2. The second-order valence-electron chi connectivity index (χ2n) is 4.24. The molecule has 4 nitrogen and oxygen atoms in total. The summed E-state index contributed by atoms with van der Waals surface area (Å²) in [5.41, 5.74) is 0. The van der Waals surface area contributed by atoms with Crippen LogP contribution < -0.4 is 0 Å². The van der Waals surface area contributed by atoms with Gasteiger partial charge in [0, 0.05) is 6.61 Å². The first-order valence-corrected chi connectivity index (χ1v) is 6.31. The lowest BCUT2D eigenvalue weighted by atomic mass is 9.91. The van der Waals surface area contributed by atoms with E-state index >= 15 is 0 Å². The molecule has 0 N–H and O–H groups in total. The van der Waals surface area contributed by atoms with Crippen molar-refractivity contribution in [3.05, 3.63) is 0 Å². The molecule has 0 aromatic rings. The molecular weight excluding hydrogens is 220 g/mol. The molecule has 2 unspecified atom stereocenters. The first-order valence-electron chi connectivity index (χ1n) is 6.31. The second kappa shape index (κ2) is 8.23. The van der Waals surface area contributed by atoms with Crippen LogP contribution in [0.5, 0.6) is 0 Å². The first-order chi connectivity index (χ1) is 7.99. The van der Waals surface area contributed by atoms with Crippen LogP contribution in [0.15, 0.2) is 0 Å². The predicted octanol–water partition coefficient (Wildman–Crippen LogP) is 2.21. The minimum Gasteiger partial charge on any atom is -0.465 e. The molecule has 0 aliphatic heterocycles. The molecule has 0 heterocycles. The summed E-state index contributed by atoms with van der Waals surface area (Å²) in [4.78, 5) is 23.8. The summed E-state index contributed by atoms with van der Waals surface area (Å²) in [6.45, 7) is 9.97. The van der Waals surface area contributed by atoms with Gasteiger partial charge in [0.1, 0.15) is 12.0 Å². The third-order valence-electron chi connectivity index (χ3n) is 2.55. The van der Waals surface area contributed by atoms with Crippen molar-refractivity contribution in [2.24, 2.45) is 11.8 Å². The van der Waals surface area contributed by atoms with Gasteiger partial charge < -0.3 is 9.47 Å². The fourth-order valence-corrected chi connectivity index (χ4v) is 1.71. The largest absolute Gasteiger partial charge is 0.465 e. The third kappa shape index (κ3) is 4.86. The standard InChI is InChI=1S/C13H24O4/c1-6-10(13(15)17-8-3)11(14)12(9(4)5)16-7-2/h9-10,12H,6-8H2,1-5H3. The minimum atomic E-state index is -0.700. The fourth-order valence-electron chi connectivity index (χ4n) is 1.71. The zero-order valence-corrected chi connectivity index (χ0v) is 11.5. The molecule has 0 spiro atoms. The Morgan fingerprint density at radius 1 is 1.06 bits per heavy atom. The van der Waals surface area contributed by atoms with Crippen LogP contribution >= 0.6 is 0 Å². The molecule has 2 atom stereocenters. The van der Waals surface area contributed by atoms with Crippen LogP contribution in [0.2, 0.25) is 0 Å². The van der Waals surface area contributed by atoms with Crippen LogP contribution in [0.4, 0.5) is 0 Å². The van der Waals surface area contributed by atoms with Crippen LogP contribution in [0.3, 0.4) is 0 Å². The van der Waals surface area contributed by atoms with Crippen LogP contribution in [0.25, 0.3) is 0 Å². The summed E-state index contributed by atoms with van der Waals surface area (Å²) in [7, 11) is 0. The Kier molecular flexibility index (Phi) is 7.79. The van der Waals surface area contributed by atoms with E-state index in [0.29, 0.717) is 19.6 Å². The number of ketones is 1. The Morgan fingerprint density at radius 3 is 2.00 bits per heavy atom. The van der Waals surface area contributed by atoms with E-state index < -0.39 is 18.0 Å². The van der Waals surface area contributed by atoms with Gasteiger partial charge in [-0.2, -0.15) is 0 Å². The smallest absolute Gasteiger partial charge is 0.316 e. The maximum atomic E-state index is 12.2. The van der Waals surface area contributed by atoms with Crippen molar-refractivity contribution in [2.75, 3.05) is 13.2 Å². The highest BCUT2D eigenvalue weighted by atomic mass is 16.5. The number of ether oxygens (including phenoxy) is 2. The van der Waals surface area contributed by atoms with E-state index in [1.807, 2.05) is 27.7 Å². The fraction of sp³-hybridized carbons (Fsp3) is 0.846. The van der Waals surface area contributed by atoms with Gasteiger partial charge in [-0.05, 0) is 26.2 Å². The summed E-state index contributed by atoms with van der Waals surface area (Å²) in [5.74, 6) is -1.24. The minimum absolute atomic E-state index is 0.0610. The lowest BCUT2D eigenvalue weighted by Crippen LogP contribution is -2.38. The molecule has 0 radical (unpaired) electrons. The van der Waals surface area contributed by atoms with E-state index in [4.69, 9.17) is 9.47 Å². The summed E-state index contributed by atoms with van der Waals surface area (Å²) >= 11 is 0. The van der Waals surface area contributed by atoms with Gasteiger partial charge in [0.05, 0.1) is 6.61 Å². The molecule has 17 heavy (non-hydrogen) atoms. The molecule has 0 aliphatic rings. The Labute approximate surface area is 104 Å². The third-order valence-corrected chi connectivity index (χ3v) is 2.55. The van der Waals surface area contributed by atoms with Crippen molar-refractivity contribution in [1.29, 1.82) is 0 Å². The highest BCUT2D eigenvalue weighted by molar-refractivity contribution is 6.01. The summed E-state index contributed by atoms with van der Waals surface area (Å²) in [6, 6.07) is 0. The highest BCUT2D eigenvalue weighted by Gasteiger charge is 2.34. The number of esters is 1. The Bertz CT molecular complexity index is 248. The predicted molar refractivity (Wildman–Crippen MR) is 65.7 cm³/mol. The van der Waals surface area contributed by atoms with Crippen molar-refractivity contribution < 1.29 is 19.1 Å². The van der Waals surface area contributed by atoms with E-state index in [-0.39, 0.29) is 11.7 Å². The summed E-state index contributed by atoms with van der Waals surface area (Å²) < 4.78 is 10.3. The zero-order valence-electron chi connectivity index (χ0n) is 11.5. The van der Waals surface area contributed by atoms with Crippen LogP contribution in [0.1, 0.15) is 41.0 Å². The molecule has 0 bridgehead atoms. The summed E-state index contributed by atoms with van der Waals surface area (Å²) in [5, 5.41) is 0. The van der Waals surface area contributed by atoms with E-state index in [1.54, 1.807) is 6.92 Å². The number of Topliss-reactive ketones (excluding diaryl/α,β-unsaturated/α-hetero) is 1. The average Bonchev–Trinajstić information content (AvgIpc) is 2.26. The number of carbonyl (C=O) groups is 2. The number of rotatable bonds is 8. The number of hydrogen-bond acceptors (Lipinski definition) is 4. The van der Waals surface area contributed by atoms with Crippen molar-refractivity contribution in [3.8, 4) is 0 Å². The molecule has 0 saturated heterocycles. The van der Waals surface area contributed by atoms with Crippen LogP contribution in [-0.4, -0.2) is 31.1 Å². The van der Waals surface area contributed by atoms with E-state index in [2.05, 4.69) is 0 Å².